The fourth-order valence-electron chi connectivity index (χ4n) is 2.13. The first-order chi connectivity index (χ1) is 9.18. The molecule has 1 heterocycles. The number of nitrogens with one attached hydrogen (secondary N) is 1. The van der Waals surface area contributed by atoms with Gasteiger partial charge >= 0.3 is 0 Å². The predicted molar refractivity (Wildman–Crippen MR) is 77.3 cm³/mol. The number of rotatable bonds is 5. The van der Waals surface area contributed by atoms with Crippen molar-refractivity contribution in [3.8, 4) is 0 Å². The summed E-state index contributed by atoms with van der Waals surface area (Å²) in [5, 5.41) is 4.01. The van der Waals surface area contributed by atoms with Crippen molar-refractivity contribution in [2.24, 2.45) is 0 Å². The van der Waals surface area contributed by atoms with E-state index in [9.17, 15) is 4.79 Å². The number of piperidine rings is 1. The lowest BCUT2D eigenvalue weighted by molar-refractivity contribution is 0.0313. The van der Waals surface area contributed by atoms with Gasteiger partial charge < -0.3 is 10.1 Å². The summed E-state index contributed by atoms with van der Waals surface area (Å²) >= 11 is 11.9. The largest absolute Gasteiger partial charge is 0.378 e. The molecule has 1 aliphatic heterocycles. The molecule has 19 heavy (non-hydrogen) atoms. The second-order valence-corrected chi connectivity index (χ2v) is 5.38. The summed E-state index contributed by atoms with van der Waals surface area (Å²) in [6.07, 6.45) is 2.62. The highest BCUT2D eigenvalue weighted by atomic mass is 35.5. The van der Waals surface area contributed by atoms with Crippen molar-refractivity contribution >= 4 is 29.0 Å². The fourth-order valence-corrected chi connectivity index (χ4v) is 2.54. The minimum atomic E-state index is -0.0264. The number of benzene rings is 1. The molecule has 104 valence electrons. The molecule has 0 unspecified atom stereocenters. The number of ketones is 1. The molecule has 0 radical (unpaired) electrons. The highest BCUT2D eigenvalue weighted by Crippen LogP contribution is 2.26. The maximum atomic E-state index is 12.0. The molecule has 1 aromatic rings. The Hall–Kier alpha value is -0.610. The van der Waals surface area contributed by atoms with Gasteiger partial charge in [-0.15, -0.1) is 0 Å². The van der Waals surface area contributed by atoms with Crippen molar-refractivity contribution in [3.05, 3.63) is 33.8 Å². The Morgan fingerprint density at radius 1 is 1.32 bits per heavy atom. The first-order valence-electron chi connectivity index (χ1n) is 6.48. The molecule has 3 nitrogen and oxygen atoms in total. The third kappa shape index (κ3) is 4.18. The molecule has 5 heteroatoms. The summed E-state index contributed by atoms with van der Waals surface area (Å²) < 4.78 is 5.71. The Balaban J connectivity index is 1.82. The summed E-state index contributed by atoms with van der Waals surface area (Å²) in [6.45, 7) is 2.41. The molecule has 0 atom stereocenters. The number of ether oxygens (including phenoxy) is 1. The SMILES string of the molecule is O=C(CCOC1CCNCC1)c1cccc(Cl)c1Cl. The number of carbonyl (C=O) groups is 1. The molecule has 0 saturated carbocycles. The van der Waals surface area contributed by atoms with E-state index in [0.29, 0.717) is 28.6 Å². The van der Waals surface area contributed by atoms with Crippen molar-refractivity contribution in [1.82, 2.24) is 5.32 Å². The van der Waals surface area contributed by atoms with Crippen LogP contribution in [0.5, 0.6) is 0 Å². The van der Waals surface area contributed by atoms with E-state index in [0.717, 1.165) is 25.9 Å². The Morgan fingerprint density at radius 3 is 2.79 bits per heavy atom. The van der Waals surface area contributed by atoms with E-state index in [4.69, 9.17) is 27.9 Å². The van der Waals surface area contributed by atoms with E-state index in [1.54, 1.807) is 18.2 Å². The number of hydrogen-bond acceptors (Lipinski definition) is 3. The van der Waals surface area contributed by atoms with Crippen LogP contribution in [0.15, 0.2) is 18.2 Å². The molecule has 0 aromatic heterocycles. The third-order valence-electron chi connectivity index (χ3n) is 3.22. The van der Waals surface area contributed by atoms with Gasteiger partial charge in [0, 0.05) is 12.0 Å². The normalized spacial score (nSPS) is 16.5. The van der Waals surface area contributed by atoms with Gasteiger partial charge in [-0.05, 0) is 38.1 Å². The van der Waals surface area contributed by atoms with Gasteiger partial charge in [0.2, 0.25) is 0 Å². The van der Waals surface area contributed by atoms with Crippen LogP contribution in [0.3, 0.4) is 0 Å². The molecule has 0 aliphatic carbocycles. The highest BCUT2D eigenvalue weighted by Gasteiger charge is 2.16. The van der Waals surface area contributed by atoms with E-state index in [1.807, 2.05) is 0 Å². The smallest absolute Gasteiger partial charge is 0.166 e. The van der Waals surface area contributed by atoms with Gasteiger partial charge in [-0.3, -0.25) is 4.79 Å². The Bertz CT molecular complexity index is 445. The summed E-state index contributed by atoms with van der Waals surface area (Å²) in [5.74, 6) is -0.0264. The van der Waals surface area contributed by atoms with Crippen LogP contribution in [0.1, 0.15) is 29.6 Å². The summed E-state index contributed by atoms with van der Waals surface area (Å²) in [7, 11) is 0. The maximum absolute atomic E-state index is 12.0. The minimum absolute atomic E-state index is 0.0264. The molecular weight excluding hydrogens is 285 g/mol. The monoisotopic (exact) mass is 301 g/mol. The molecule has 0 spiro atoms. The Kier molecular flexibility index (Phi) is 5.64. The van der Waals surface area contributed by atoms with Gasteiger partial charge in [0.05, 0.1) is 22.8 Å². The summed E-state index contributed by atoms with van der Waals surface area (Å²) in [6, 6.07) is 5.10. The zero-order valence-electron chi connectivity index (χ0n) is 10.6. The lowest BCUT2D eigenvalue weighted by Crippen LogP contribution is -2.32. The number of halogens is 2. The van der Waals surface area contributed by atoms with Crippen LogP contribution in [-0.4, -0.2) is 31.6 Å². The van der Waals surface area contributed by atoms with E-state index in [2.05, 4.69) is 5.32 Å². The van der Waals surface area contributed by atoms with Crippen molar-refractivity contribution in [2.75, 3.05) is 19.7 Å². The van der Waals surface area contributed by atoms with E-state index in [-0.39, 0.29) is 11.9 Å². The van der Waals surface area contributed by atoms with Crippen LogP contribution in [0.4, 0.5) is 0 Å². The molecule has 2 rings (SSSR count). The fraction of sp³-hybridized carbons (Fsp3) is 0.500. The molecule has 1 N–H and O–H groups in total. The van der Waals surface area contributed by atoms with Crippen molar-refractivity contribution in [1.29, 1.82) is 0 Å². The Morgan fingerprint density at radius 2 is 2.05 bits per heavy atom. The van der Waals surface area contributed by atoms with Crippen LogP contribution in [-0.2, 0) is 4.74 Å². The number of hydrogen-bond donors (Lipinski definition) is 1. The van der Waals surface area contributed by atoms with Gasteiger partial charge in [0.1, 0.15) is 0 Å². The second-order valence-electron chi connectivity index (χ2n) is 4.59. The maximum Gasteiger partial charge on any atom is 0.166 e. The van der Waals surface area contributed by atoms with Crippen LogP contribution in [0.25, 0.3) is 0 Å². The number of carbonyl (C=O) groups excluding carboxylic acids is 1. The minimum Gasteiger partial charge on any atom is -0.378 e. The molecule has 1 fully saturated rings. The van der Waals surface area contributed by atoms with Gasteiger partial charge in [0.15, 0.2) is 5.78 Å². The second kappa shape index (κ2) is 7.25. The highest BCUT2D eigenvalue weighted by molar-refractivity contribution is 6.43. The van der Waals surface area contributed by atoms with Crippen LogP contribution >= 0.6 is 23.2 Å². The van der Waals surface area contributed by atoms with Crippen molar-refractivity contribution in [3.63, 3.8) is 0 Å². The molecule has 0 bridgehead atoms. The molecule has 1 aliphatic rings. The Labute approximate surface area is 123 Å². The topological polar surface area (TPSA) is 38.3 Å². The average Bonchev–Trinajstić information content (AvgIpc) is 2.43. The zero-order chi connectivity index (χ0) is 13.7. The van der Waals surface area contributed by atoms with Crippen molar-refractivity contribution < 1.29 is 9.53 Å². The molecular formula is C14H17Cl2NO2. The molecule has 1 saturated heterocycles. The van der Waals surface area contributed by atoms with Gasteiger partial charge in [0.25, 0.3) is 0 Å². The summed E-state index contributed by atoms with van der Waals surface area (Å²) in [5.41, 5.74) is 0.475. The van der Waals surface area contributed by atoms with Crippen LogP contribution in [0.2, 0.25) is 10.0 Å². The van der Waals surface area contributed by atoms with Crippen molar-refractivity contribution in [2.45, 2.75) is 25.4 Å². The zero-order valence-corrected chi connectivity index (χ0v) is 12.1. The van der Waals surface area contributed by atoms with Gasteiger partial charge in [-0.1, -0.05) is 29.3 Å². The van der Waals surface area contributed by atoms with E-state index < -0.39 is 0 Å². The summed E-state index contributed by atoms with van der Waals surface area (Å²) in [4.78, 5) is 12.0. The molecule has 0 amide bonds. The lowest BCUT2D eigenvalue weighted by atomic mass is 10.1. The molecule has 1 aromatic carbocycles. The van der Waals surface area contributed by atoms with Gasteiger partial charge in [-0.2, -0.15) is 0 Å². The average molecular weight is 302 g/mol. The van der Waals surface area contributed by atoms with E-state index >= 15 is 0 Å². The van der Waals surface area contributed by atoms with Gasteiger partial charge in [-0.25, -0.2) is 0 Å². The van der Waals surface area contributed by atoms with E-state index in [1.165, 1.54) is 0 Å². The third-order valence-corrected chi connectivity index (χ3v) is 4.04. The quantitative estimate of drug-likeness (QED) is 0.848. The standard InChI is InChI=1S/C14H17Cl2NO2/c15-12-3-1-2-11(14(12)16)13(18)6-9-19-10-4-7-17-8-5-10/h1-3,10,17H,4-9H2. The lowest BCUT2D eigenvalue weighted by Gasteiger charge is -2.22. The number of Topliss-reactive ketones (excluding diaryl/α,β-unsaturated/α-hetero) is 1. The first kappa shape index (κ1) is 14.8. The first-order valence-corrected chi connectivity index (χ1v) is 7.23. The van der Waals surface area contributed by atoms with Crippen LogP contribution in [0, 0.1) is 0 Å². The predicted octanol–water partition coefficient (Wildman–Crippen LogP) is 3.33. The van der Waals surface area contributed by atoms with Crippen LogP contribution < -0.4 is 5.32 Å².